The maximum atomic E-state index is 12.6. The van der Waals surface area contributed by atoms with Gasteiger partial charge in [-0.25, -0.2) is 8.78 Å². The Labute approximate surface area is 86.3 Å². The highest BCUT2D eigenvalue weighted by Crippen LogP contribution is 2.41. The third-order valence-electron chi connectivity index (χ3n) is 2.52. The molecule has 0 aromatic heterocycles. The maximum Gasteiger partial charge on any atom is 0.270 e. The first-order valence-electron chi connectivity index (χ1n) is 4.75. The molecule has 1 aliphatic rings. The van der Waals surface area contributed by atoms with Crippen LogP contribution in [0.4, 0.5) is 8.78 Å². The van der Waals surface area contributed by atoms with Gasteiger partial charge in [-0.1, -0.05) is 18.2 Å². The largest absolute Gasteiger partial charge is 0.343 e. The molecule has 1 amide bonds. The lowest BCUT2D eigenvalue weighted by molar-refractivity contribution is 0.0848. The van der Waals surface area contributed by atoms with Gasteiger partial charge in [0.25, 0.3) is 11.8 Å². The fourth-order valence-corrected chi connectivity index (χ4v) is 1.43. The van der Waals surface area contributed by atoms with Crippen LogP contribution in [-0.4, -0.2) is 17.9 Å². The van der Waals surface area contributed by atoms with E-state index in [1.807, 2.05) is 0 Å². The van der Waals surface area contributed by atoms with E-state index in [1.165, 1.54) is 0 Å². The van der Waals surface area contributed by atoms with Crippen LogP contribution in [0.15, 0.2) is 24.3 Å². The molecule has 15 heavy (non-hydrogen) atoms. The number of benzene rings is 1. The van der Waals surface area contributed by atoms with E-state index in [9.17, 15) is 13.6 Å². The van der Waals surface area contributed by atoms with Crippen molar-refractivity contribution in [2.24, 2.45) is 0 Å². The smallest absolute Gasteiger partial charge is 0.270 e. The first-order valence-corrected chi connectivity index (χ1v) is 4.75. The summed E-state index contributed by atoms with van der Waals surface area (Å²) in [5, 5.41) is 2.31. The molecule has 1 unspecified atom stereocenters. The molecule has 1 aromatic carbocycles. The van der Waals surface area contributed by atoms with Crippen LogP contribution in [-0.2, 0) is 0 Å². The van der Waals surface area contributed by atoms with Crippen LogP contribution >= 0.6 is 0 Å². The number of halogens is 2. The van der Waals surface area contributed by atoms with Crippen LogP contribution in [0.3, 0.4) is 0 Å². The molecule has 1 aliphatic carbocycles. The summed E-state index contributed by atoms with van der Waals surface area (Å²) in [4.78, 5) is 11.6. The molecule has 0 spiro atoms. The lowest BCUT2D eigenvalue weighted by Crippen LogP contribution is -2.29. The molecule has 2 nitrogen and oxygen atoms in total. The third kappa shape index (κ3) is 1.98. The molecule has 0 aliphatic heterocycles. The molecule has 1 atom stereocenters. The highest BCUT2D eigenvalue weighted by Gasteiger charge is 2.57. The number of nitrogens with one attached hydrogen (secondary N) is 1. The first-order chi connectivity index (χ1) is 7.00. The highest BCUT2D eigenvalue weighted by atomic mass is 19.3. The molecule has 1 N–H and O–H groups in total. The molecule has 80 valence electrons. The van der Waals surface area contributed by atoms with E-state index in [0.29, 0.717) is 5.56 Å². The summed E-state index contributed by atoms with van der Waals surface area (Å²) in [5.74, 6) is -3.13. The van der Waals surface area contributed by atoms with Crippen molar-refractivity contribution in [1.82, 2.24) is 5.32 Å². The normalized spacial score (nSPS) is 22.2. The van der Waals surface area contributed by atoms with Crippen LogP contribution < -0.4 is 5.32 Å². The predicted molar refractivity (Wildman–Crippen MR) is 52.0 cm³/mol. The van der Waals surface area contributed by atoms with Gasteiger partial charge in [0.2, 0.25) is 0 Å². The Morgan fingerprint density at radius 1 is 1.47 bits per heavy atom. The molecule has 0 radical (unpaired) electrons. The van der Waals surface area contributed by atoms with E-state index >= 15 is 0 Å². The number of aryl methyl sites for hydroxylation is 1. The third-order valence-corrected chi connectivity index (χ3v) is 2.52. The van der Waals surface area contributed by atoms with Crippen molar-refractivity contribution >= 4 is 5.91 Å². The van der Waals surface area contributed by atoms with Gasteiger partial charge in [-0.2, -0.15) is 0 Å². The molecule has 1 fully saturated rings. The van der Waals surface area contributed by atoms with Crippen LogP contribution in [0.2, 0.25) is 0 Å². The van der Waals surface area contributed by atoms with E-state index in [0.717, 1.165) is 5.56 Å². The first kappa shape index (κ1) is 10.1. The summed E-state index contributed by atoms with van der Waals surface area (Å²) in [5.41, 5.74) is 1.25. The van der Waals surface area contributed by atoms with Crippen LogP contribution in [0, 0.1) is 6.92 Å². The summed E-state index contributed by atoms with van der Waals surface area (Å²) in [6, 6.07) is 5.94. The fourth-order valence-electron chi connectivity index (χ4n) is 1.43. The van der Waals surface area contributed by atoms with Crippen molar-refractivity contribution < 1.29 is 13.6 Å². The van der Waals surface area contributed by atoms with Crippen molar-refractivity contribution in [1.29, 1.82) is 0 Å². The van der Waals surface area contributed by atoms with Gasteiger partial charge in [0, 0.05) is 12.0 Å². The van der Waals surface area contributed by atoms with Crippen LogP contribution in [0.25, 0.3) is 0 Å². The summed E-state index contributed by atoms with van der Waals surface area (Å²) in [6.07, 6.45) is -0.245. The Kier molecular flexibility index (Phi) is 2.21. The molecular weight excluding hydrogens is 200 g/mol. The average molecular weight is 211 g/mol. The van der Waals surface area contributed by atoms with E-state index in [-0.39, 0.29) is 6.42 Å². The summed E-state index contributed by atoms with van der Waals surface area (Å²) >= 11 is 0. The van der Waals surface area contributed by atoms with Crippen molar-refractivity contribution in [3.05, 3.63) is 35.4 Å². The molecule has 0 heterocycles. The standard InChI is InChI=1S/C11H11F2NO/c1-7-4-2-3-5-8(7)10(15)14-9-6-11(9,12)13/h2-5,9H,6H2,1H3,(H,14,15). The van der Waals surface area contributed by atoms with Gasteiger partial charge in [-0.3, -0.25) is 4.79 Å². The van der Waals surface area contributed by atoms with Gasteiger partial charge in [0.05, 0.1) is 6.04 Å². The lowest BCUT2D eigenvalue weighted by Gasteiger charge is -2.06. The predicted octanol–water partition coefficient (Wildman–Crippen LogP) is 2.13. The van der Waals surface area contributed by atoms with Crippen LogP contribution in [0.1, 0.15) is 22.3 Å². The van der Waals surface area contributed by atoms with Gasteiger partial charge >= 0.3 is 0 Å². The van der Waals surface area contributed by atoms with Crippen molar-refractivity contribution in [3.63, 3.8) is 0 Å². The van der Waals surface area contributed by atoms with E-state index in [2.05, 4.69) is 5.32 Å². The quantitative estimate of drug-likeness (QED) is 0.797. The zero-order chi connectivity index (χ0) is 11.1. The number of amides is 1. The summed E-state index contributed by atoms with van der Waals surface area (Å²) in [6.45, 7) is 1.78. The molecule has 1 aromatic rings. The Bertz CT molecular complexity index is 403. The van der Waals surface area contributed by atoms with Gasteiger partial charge < -0.3 is 5.32 Å². The van der Waals surface area contributed by atoms with Gasteiger partial charge in [0.15, 0.2) is 0 Å². The van der Waals surface area contributed by atoms with Crippen molar-refractivity contribution in [2.45, 2.75) is 25.3 Å². The van der Waals surface area contributed by atoms with Gasteiger partial charge in [-0.05, 0) is 18.6 Å². The topological polar surface area (TPSA) is 29.1 Å². The Balaban J connectivity index is 2.06. The molecule has 2 rings (SSSR count). The average Bonchev–Trinajstić information content (AvgIpc) is 2.74. The van der Waals surface area contributed by atoms with Gasteiger partial charge in [0.1, 0.15) is 0 Å². The number of hydrogen-bond acceptors (Lipinski definition) is 1. The van der Waals surface area contributed by atoms with Gasteiger partial charge in [-0.15, -0.1) is 0 Å². The maximum absolute atomic E-state index is 12.6. The number of rotatable bonds is 2. The minimum atomic E-state index is -2.71. The highest BCUT2D eigenvalue weighted by molar-refractivity contribution is 5.96. The SMILES string of the molecule is Cc1ccccc1C(=O)NC1CC1(F)F. The Morgan fingerprint density at radius 3 is 2.60 bits per heavy atom. The minimum absolute atomic E-state index is 0.245. The monoisotopic (exact) mass is 211 g/mol. The number of carbonyl (C=O) groups excluding carboxylic acids is 1. The molecule has 0 bridgehead atoms. The van der Waals surface area contributed by atoms with Crippen LogP contribution in [0.5, 0.6) is 0 Å². The number of hydrogen-bond donors (Lipinski definition) is 1. The molecule has 1 saturated carbocycles. The van der Waals surface area contributed by atoms with Crippen molar-refractivity contribution in [2.75, 3.05) is 0 Å². The number of alkyl halides is 2. The van der Waals surface area contributed by atoms with E-state index in [1.54, 1.807) is 31.2 Å². The zero-order valence-electron chi connectivity index (χ0n) is 8.26. The second kappa shape index (κ2) is 3.29. The lowest BCUT2D eigenvalue weighted by atomic mass is 10.1. The molecular formula is C11H11F2NO. The fraction of sp³-hybridized carbons (Fsp3) is 0.364. The molecule has 4 heteroatoms. The second-order valence-electron chi connectivity index (χ2n) is 3.81. The van der Waals surface area contributed by atoms with Crippen molar-refractivity contribution in [3.8, 4) is 0 Å². The van der Waals surface area contributed by atoms with E-state index in [4.69, 9.17) is 0 Å². The summed E-state index contributed by atoms with van der Waals surface area (Å²) < 4.78 is 25.1. The number of carbonyl (C=O) groups is 1. The summed E-state index contributed by atoms with van der Waals surface area (Å²) in [7, 11) is 0. The Morgan fingerprint density at radius 2 is 2.07 bits per heavy atom. The Hall–Kier alpha value is -1.45. The minimum Gasteiger partial charge on any atom is -0.343 e. The molecule has 0 saturated heterocycles. The zero-order valence-corrected chi connectivity index (χ0v) is 8.26. The van der Waals surface area contributed by atoms with E-state index < -0.39 is 17.9 Å². The second-order valence-corrected chi connectivity index (χ2v) is 3.81.